The summed E-state index contributed by atoms with van der Waals surface area (Å²) in [5.74, 6) is 0.449. The van der Waals surface area contributed by atoms with Crippen molar-refractivity contribution in [2.75, 3.05) is 20.7 Å². The molecule has 5 nitrogen and oxygen atoms in total. The van der Waals surface area contributed by atoms with Gasteiger partial charge in [0.2, 0.25) is 0 Å². The number of nitrogens with zero attached hydrogens (tertiary/aromatic N) is 3. The number of hydrogen-bond donors (Lipinski definition) is 0. The highest BCUT2D eigenvalue weighted by molar-refractivity contribution is 6.01. The predicted molar refractivity (Wildman–Crippen MR) is 106 cm³/mol. The summed E-state index contributed by atoms with van der Waals surface area (Å²) in [6.07, 6.45) is 1.79. The summed E-state index contributed by atoms with van der Waals surface area (Å²) in [5.41, 5.74) is 3.76. The van der Waals surface area contributed by atoms with Crippen molar-refractivity contribution in [1.82, 2.24) is 4.90 Å². The molecule has 0 amide bonds. The molecule has 1 heterocycles. The fraction of sp³-hybridized carbons (Fsp3) is 0.333. The largest absolute Gasteiger partial charge is 0.497 e. The van der Waals surface area contributed by atoms with Crippen LogP contribution in [0.15, 0.2) is 46.5 Å². The van der Waals surface area contributed by atoms with Crippen LogP contribution in [-0.4, -0.2) is 37.7 Å². The zero-order chi connectivity index (χ0) is 19.4. The number of aliphatic imine (C=N–C) groups is 1. The van der Waals surface area contributed by atoms with Gasteiger partial charge in [-0.25, -0.2) is 9.38 Å². The van der Waals surface area contributed by atoms with Gasteiger partial charge in [-0.15, -0.1) is 0 Å². The molecular weight excluding hydrogens is 345 g/mol. The van der Waals surface area contributed by atoms with Crippen LogP contribution in [0, 0.1) is 12.7 Å². The van der Waals surface area contributed by atoms with Crippen LogP contribution in [0.2, 0.25) is 0 Å². The minimum Gasteiger partial charge on any atom is -0.497 e. The summed E-state index contributed by atoms with van der Waals surface area (Å²) in [5, 5.41) is 4.16. The van der Waals surface area contributed by atoms with Crippen molar-refractivity contribution >= 4 is 17.7 Å². The number of methoxy groups -OCH3 is 1. The van der Waals surface area contributed by atoms with Crippen molar-refractivity contribution in [3.63, 3.8) is 0 Å². The number of benzene rings is 2. The first-order valence-electron chi connectivity index (χ1n) is 8.93. The summed E-state index contributed by atoms with van der Waals surface area (Å²) < 4.78 is 19.9. The quantitative estimate of drug-likeness (QED) is 0.551. The molecule has 0 bridgehead atoms. The predicted octanol–water partition coefficient (Wildman–Crippen LogP) is 4.62. The normalized spacial score (nSPS) is 16.3. The minimum atomic E-state index is -0.433. The molecule has 3 rings (SSSR count). The Bertz CT molecular complexity index is 862. The van der Waals surface area contributed by atoms with Crippen LogP contribution in [0.1, 0.15) is 36.1 Å². The topological polar surface area (TPSA) is 46.4 Å². The van der Waals surface area contributed by atoms with Crippen molar-refractivity contribution in [3.05, 3.63) is 58.9 Å². The van der Waals surface area contributed by atoms with Crippen molar-refractivity contribution in [2.24, 2.45) is 10.1 Å². The Labute approximate surface area is 159 Å². The molecule has 1 unspecified atom stereocenters. The zero-order valence-corrected chi connectivity index (χ0v) is 16.1. The van der Waals surface area contributed by atoms with E-state index in [0.717, 1.165) is 29.1 Å². The van der Waals surface area contributed by atoms with E-state index < -0.39 is 6.10 Å². The van der Waals surface area contributed by atoms with Gasteiger partial charge in [0.05, 0.1) is 24.8 Å². The molecule has 0 N–H and O–H groups in total. The maximum absolute atomic E-state index is 14.7. The van der Waals surface area contributed by atoms with E-state index in [1.54, 1.807) is 19.5 Å². The monoisotopic (exact) mass is 369 g/mol. The molecule has 27 heavy (non-hydrogen) atoms. The SMILES string of the molecule is CCN(C)C=Nc1cc(F)c(C2CC(c3ccc(OC)cc3)=NO2)cc1C. The molecule has 0 saturated carbocycles. The van der Waals surface area contributed by atoms with Gasteiger partial charge in [0.15, 0.2) is 6.10 Å². The van der Waals surface area contributed by atoms with Crippen molar-refractivity contribution < 1.29 is 14.0 Å². The lowest BCUT2D eigenvalue weighted by molar-refractivity contribution is 0.0829. The molecule has 0 saturated heterocycles. The number of ether oxygens (including phenoxy) is 1. The van der Waals surface area contributed by atoms with Crippen LogP contribution in [0.3, 0.4) is 0 Å². The molecule has 0 aromatic heterocycles. The molecule has 2 aromatic rings. The third-order valence-electron chi connectivity index (χ3n) is 4.65. The first kappa shape index (κ1) is 18.9. The lowest BCUT2D eigenvalue weighted by atomic mass is 9.98. The van der Waals surface area contributed by atoms with Crippen molar-refractivity contribution in [3.8, 4) is 5.75 Å². The Morgan fingerprint density at radius 2 is 2.07 bits per heavy atom. The number of aryl methyl sites for hydroxylation is 1. The Hall–Kier alpha value is -2.89. The van der Waals surface area contributed by atoms with E-state index in [-0.39, 0.29) is 5.82 Å². The molecule has 0 aliphatic carbocycles. The molecule has 0 fully saturated rings. The molecule has 1 atom stereocenters. The van der Waals surface area contributed by atoms with Crippen LogP contribution in [0.5, 0.6) is 5.75 Å². The van der Waals surface area contributed by atoms with Gasteiger partial charge >= 0.3 is 0 Å². The number of oxime groups is 1. The molecule has 0 spiro atoms. The van der Waals surface area contributed by atoms with E-state index in [2.05, 4.69) is 10.1 Å². The van der Waals surface area contributed by atoms with Gasteiger partial charge in [-0.1, -0.05) is 5.16 Å². The van der Waals surface area contributed by atoms with Gasteiger partial charge in [0.25, 0.3) is 0 Å². The fourth-order valence-corrected chi connectivity index (χ4v) is 2.82. The first-order valence-corrected chi connectivity index (χ1v) is 8.93. The summed E-state index contributed by atoms with van der Waals surface area (Å²) in [6.45, 7) is 4.78. The highest BCUT2D eigenvalue weighted by Gasteiger charge is 2.27. The van der Waals surface area contributed by atoms with Crippen LogP contribution in [0.25, 0.3) is 0 Å². The van der Waals surface area contributed by atoms with Gasteiger partial charge < -0.3 is 14.5 Å². The average molecular weight is 369 g/mol. The van der Waals surface area contributed by atoms with E-state index in [1.165, 1.54) is 6.07 Å². The van der Waals surface area contributed by atoms with Gasteiger partial charge in [0, 0.05) is 31.6 Å². The lowest BCUT2D eigenvalue weighted by Gasteiger charge is -2.13. The van der Waals surface area contributed by atoms with Crippen LogP contribution >= 0.6 is 0 Å². The van der Waals surface area contributed by atoms with E-state index in [4.69, 9.17) is 9.57 Å². The third-order valence-corrected chi connectivity index (χ3v) is 4.65. The standard InChI is InChI=1S/C21H24FN3O2/c1-5-25(3)13-23-19-11-18(22)17(10-14(19)2)21-12-20(24-27-21)15-6-8-16(26-4)9-7-15/h6-11,13,21H,5,12H2,1-4H3. The lowest BCUT2D eigenvalue weighted by Crippen LogP contribution is -2.14. The average Bonchev–Trinajstić information content (AvgIpc) is 3.18. The number of hydrogen-bond acceptors (Lipinski definition) is 4. The maximum atomic E-state index is 14.7. The van der Waals surface area contributed by atoms with Crippen LogP contribution in [0.4, 0.5) is 10.1 Å². The molecule has 2 aromatic carbocycles. The van der Waals surface area contributed by atoms with E-state index in [0.29, 0.717) is 17.7 Å². The summed E-state index contributed by atoms with van der Waals surface area (Å²) >= 11 is 0. The zero-order valence-electron chi connectivity index (χ0n) is 16.1. The molecule has 1 aliphatic heterocycles. The molecular formula is C21H24FN3O2. The van der Waals surface area contributed by atoms with E-state index in [9.17, 15) is 4.39 Å². The summed E-state index contributed by atoms with van der Waals surface area (Å²) in [7, 11) is 3.55. The molecule has 6 heteroatoms. The Morgan fingerprint density at radius 3 is 2.74 bits per heavy atom. The highest BCUT2D eigenvalue weighted by Crippen LogP contribution is 2.34. The van der Waals surface area contributed by atoms with Crippen molar-refractivity contribution in [1.29, 1.82) is 0 Å². The van der Waals surface area contributed by atoms with Gasteiger partial charge in [-0.2, -0.15) is 0 Å². The second-order valence-electron chi connectivity index (χ2n) is 6.54. The number of halogens is 1. The smallest absolute Gasteiger partial charge is 0.161 e. The minimum absolute atomic E-state index is 0.330. The maximum Gasteiger partial charge on any atom is 0.161 e. The van der Waals surface area contributed by atoms with E-state index in [1.807, 2.05) is 50.1 Å². The first-order chi connectivity index (χ1) is 13.0. The van der Waals surface area contributed by atoms with Crippen LogP contribution < -0.4 is 4.74 Å². The van der Waals surface area contributed by atoms with Crippen molar-refractivity contribution in [2.45, 2.75) is 26.4 Å². The Balaban J connectivity index is 1.76. The van der Waals surface area contributed by atoms with Gasteiger partial charge in [0.1, 0.15) is 11.6 Å². The molecule has 142 valence electrons. The summed E-state index contributed by atoms with van der Waals surface area (Å²) in [4.78, 5) is 11.8. The number of rotatable bonds is 6. The second kappa shape index (κ2) is 8.20. The molecule has 0 radical (unpaired) electrons. The third kappa shape index (κ3) is 4.27. The Kier molecular flexibility index (Phi) is 5.74. The van der Waals surface area contributed by atoms with Crippen LogP contribution in [-0.2, 0) is 4.84 Å². The highest BCUT2D eigenvalue weighted by atomic mass is 19.1. The summed E-state index contributed by atoms with van der Waals surface area (Å²) in [6, 6.07) is 10.8. The van der Waals surface area contributed by atoms with Gasteiger partial charge in [-0.3, -0.25) is 0 Å². The fourth-order valence-electron chi connectivity index (χ4n) is 2.82. The second-order valence-corrected chi connectivity index (χ2v) is 6.54. The Morgan fingerprint density at radius 1 is 1.33 bits per heavy atom. The van der Waals surface area contributed by atoms with E-state index >= 15 is 0 Å². The van der Waals surface area contributed by atoms with Gasteiger partial charge in [-0.05, 0) is 55.3 Å². The molecule has 1 aliphatic rings.